The zero-order chi connectivity index (χ0) is 23.1. The molecule has 0 bridgehead atoms. The number of anilines is 1. The summed E-state index contributed by atoms with van der Waals surface area (Å²) in [7, 11) is 0. The number of nitrogens with one attached hydrogen (secondary N) is 1. The molecule has 2 aromatic carbocycles. The topological polar surface area (TPSA) is 79.0 Å². The average Bonchev–Trinajstić information content (AvgIpc) is 2.96. The Morgan fingerprint density at radius 2 is 1.81 bits per heavy atom. The number of para-hydroxylation sites is 1. The highest BCUT2D eigenvalue weighted by Crippen LogP contribution is 2.32. The minimum atomic E-state index is -4.84. The summed E-state index contributed by atoms with van der Waals surface area (Å²) in [4.78, 5) is 41.0. The number of nitrogens with zero attached hydrogens (tertiary/aromatic N) is 2. The number of alkyl halides is 3. The minimum absolute atomic E-state index is 0.267. The summed E-state index contributed by atoms with van der Waals surface area (Å²) in [6.45, 7) is 1.48. The van der Waals surface area contributed by atoms with Crippen molar-refractivity contribution >= 4 is 23.5 Å². The van der Waals surface area contributed by atoms with Crippen LogP contribution in [0.3, 0.4) is 0 Å². The Kier molecular flexibility index (Phi) is 5.31. The summed E-state index contributed by atoms with van der Waals surface area (Å²) in [5.74, 6) is -1.50. The third kappa shape index (κ3) is 4.00. The molecule has 0 saturated carbocycles. The van der Waals surface area contributed by atoms with E-state index in [4.69, 9.17) is 0 Å². The van der Waals surface area contributed by atoms with Gasteiger partial charge in [-0.25, -0.2) is 4.79 Å². The van der Waals surface area contributed by atoms with Crippen molar-refractivity contribution in [3.8, 4) is 5.75 Å². The second-order valence-electron chi connectivity index (χ2n) is 7.80. The van der Waals surface area contributed by atoms with E-state index in [0.29, 0.717) is 6.54 Å². The van der Waals surface area contributed by atoms with Gasteiger partial charge in [0.1, 0.15) is 17.8 Å². The van der Waals surface area contributed by atoms with Crippen molar-refractivity contribution in [3.05, 3.63) is 59.7 Å². The molecular formula is C22H20F3N3O4. The highest BCUT2D eigenvalue weighted by Gasteiger charge is 2.50. The van der Waals surface area contributed by atoms with Crippen LogP contribution in [0.1, 0.15) is 24.5 Å². The lowest BCUT2D eigenvalue weighted by atomic mass is 9.92. The van der Waals surface area contributed by atoms with Crippen LogP contribution in [0.2, 0.25) is 0 Å². The quantitative estimate of drug-likeness (QED) is 0.730. The van der Waals surface area contributed by atoms with Crippen LogP contribution in [0.25, 0.3) is 0 Å². The molecule has 2 aliphatic rings. The Labute approximate surface area is 181 Å². The average molecular weight is 447 g/mol. The van der Waals surface area contributed by atoms with Gasteiger partial charge in [-0.05, 0) is 49.1 Å². The first-order chi connectivity index (χ1) is 15.1. The Morgan fingerprint density at radius 3 is 2.50 bits per heavy atom. The van der Waals surface area contributed by atoms with Gasteiger partial charge in [-0.15, -0.1) is 13.2 Å². The number of halogens is 3. The monoisotopic (exact) mass is 447 g/mol. The van der Waals surface area contributed by atoms with Crippen LogP contribution < -0.4 is 15.0 Å². The van der Waals surface area contributed by atoms with E-state index in [1.54, 1.807) is 4.90 Å². The standard InChI is InChI=1S/C22H20F3N3O4/c1-21(15-8-10-16(11-9-15)32-22(23,24)25)19(30)28(20(31)26-21)13-18(29)27-12-4-6-14-5-2-3-7-17(14)27/h2-3,5,7-11H,4,6,12-13H2,1H3,(H,26,31). The number of carbonyl (C=O) groups excluding carboxylic acids is 3. The van der Waals surface area contributed by atoms with Gasteiger partial charge in [-0.3, -0.25) is 14.5 Å². The van der Waals surface area contributed by atoms with Crippen LogP contribution in [0.5, 0.6) is 5.75 Å². The van der Waals surface area contributed by atoms with Crippen molar-refractivity contribution in [3.63, 3.8) is 0 Å². The molecule has 2 aromatic rings. The maximum absolute atomic E-state index is 13.1. The van der Waals surface area contributed by atoms with Gasteiger partial charge in [0.2, 0.25) is 5.91 Å². The Balaban J connectivity index is 1.51. The first-order valence-electron chi connectivity index (χ1n) is 9.97. The third-order valence-corrected chi connectivity index (χ3v) is 5.64. The number of urea groups is 1. The molecule has 0 spiro atoms. The fourth-order valence-corrected chi connectivity index (χ4v) is 4.04. The molecule has 4 amide bonds. The third-order valence-electron chi connectivity index (χ3n) is 5.64. The van der Waals surface area contributed by atoms with Gasteiger partial charge in [0.15, 0.2) is 0 Å². The molecule has 2 aliphatic heterocycles. The highest BCUT2D eigenvalue weighted by molar-refractivity contribution is 6.10. The van der Waals surface area contributed by atoms with Gasteiger partial charge < -0.3 is 15.0 Å². The second-order valence-corrected chi connectivity index (χ2v) is 7.80. The van der Waals surface area contributed by atoms with E-state index in [-0.39, 0.29) is 11.5 Å². The molecule has 168 valence electrons. The molecule has 4 rings (SSSR count). The van der Waals surface area contributed by atoms with E-state index >= 15 is 0 Å². The van der Waals surface area contributed by atoms with Crippen LogP contribution >= 0.6 is 0 Å². The number of fused-ring (bicyclic) bond motifs is 1. The number of carbonyl (C=O) groups is 3. The summed E-state index contributed by atoms with van der Waals surface area (Å²) in [6.07, 6.45) is -3.23. The molecule has 1 fully saturated rings. The van der Waals surface area contributed by atoms with Crippen LogP contribution in [-0.4, -0.2) is 42.2 Å². The zero-order valence-electron chi connectivity index (χ0n) is 17.1. The molecule has 0 aromatic heterocycles. The van der Waals surface area contributed by atoms with Crippen LogP contribution in [-0.2, 0) is 21.5 Å². The summed E-state index contributed by atoms with van der Waals surface area (Å²) in [5.41, 5.74) is 0.534. The summed E-state index contributed by atoms with van der Waals surface area (Å²) in [6, 6.07) is 11.4. The predicted octanol–water partition coefficient (Wildman–Crippen LogP) is 3.33. The molecule has 7 nitrogen and oxygen atoms in total. The predicted molar refractivity (Wildman–Crippen MR) is 108 cm³/mol. The number of rotatable bonds is 4. The van der Waals surface area contributed by atoms with E-state index in [9.17, 15) is 27.6 Å². The summed E-state index contributed by atoms with van der Waals surface area (Å²) in [5, 5.41) is 2.55. The highest BCUT2D eigenvalue weighted by atomic mass is 19.4. The first kappa shape index (κ1) is 21.7. The normalized spacial score (nSPS) is 20.8. The molecule has 32 heavy (non-hydrogen) atoms. The molecule has 0 aliphatic carbocycles. The van der Waals surface area contributed by atoms with Crippen LogP contribution in [0.4, 0.5) is 23.7 Å². The first-order valence-corrected chi connectivity index (χ1v) is 9.97. The fraction of sp³-hybridized carbons (Fsp3) is 0.318. The number of imide groups is 1. The van der Waals surface area contributed by atoms with Gasteiger partial charge in [0.05, 0.1) is 0 Å². The molecule has 2 heterocycles. The van der Waals surface area contributed by atoms with E-state index in [1.165, 1.54) is 19.1 Å². The smallest absolute Gasteiger partial charge is 0.406 e. The lowest BCUT2D eigenvalue weighted by Crippen LogP contribution is -2.46. The Bertz CT molecular complexity index is 1070. The van der Waals surface area contributed by atoms with Crippen molar-refractivity contribution in [2.75, 3.05) is 18.0 Å². The lowest BCUT2D eigenvalue weighted by molar-refractivity contribution is -0.274. The largest absolute Gasteiger partial charge is 0.573 e. The Hall–Kier alpha value is -3.56. The van der Waals surface area contributed by atoms with E-state index in [0.717, 1.165) is 41.1 Å². The van der Waals surface area contributed by atoms with E-state index in [1.807, 2.05) is 24.3 Å². The van der Waals surface area contributed by atoms with Gasteiger partial charge in [0.25, 0.3) is 5.91 Å². The number of aryl methyl sites for hydroxylation is 1. The van der Waals surface area contributed by atoms with Gasteiger partial charge >= 0.3 is 12.4 Å². The molecule has 1 N–H and O–H groups in total. The van der Waals surface area contributed by atoms with Crippen LogP contribution in [0.15, 0.2) is 48.5 Å². The summed E-state index contributed by atoms with van der Waals surface area (Å²) < 4.78 is 41.0. The zero-order valence-corrected chi connectivity index (χ0v) is 17.1. The number of amides is 4. The van der Waals surface area contributed by atoms with Gasteiger partial charge in [-0.2, -0.15) is 0 Å². The second kappa shape index (κ2) is 7.85. The van der Waals surface area contributed by atoms with Crippen molar-refractivity contribution in [2.45, 2.75) is 31.7 Å². The van der Waals surface area contributed by atoms with Crippen LogP contribution in [0, 0.1) is 0 Å². The fourth-order valence-electron chi connectivity index (χ4n) is 4.04. The molecule has 1 atom stereocenters. The molecule has 10 heteroatoms. The molecular weight excluding hydrogens is 427 g/mol. The summed E-state index contributed by atoms with van der Waals surface area (Å²) >= 11 is 0. The van der Waals surface area contributed by atoms with E-state index < -0.39 is 36.1 Å². The number of benzene rings is 2. The Morgan fingerprint density at radius 1 is 1.12 bits per heavy atom. The van der Waals surface area contributed by atoms with Crippen molar-refractivity contribution in [1.82, 2.24) is 10.2 Å². The van der Waals surface area contributed by atoms with Crippen molar-refractivity contribution in [2.24, 2.45) is 0 Å². The SMILES string of the molecule is CC1(c2ccc(OC(F)(F)F)cc2)NC(=O)N(CC(=O)N2CCCc3ccccc32)C1=O. The van der Waals surface area contributed by atoms with E-state index in [2.05, 4.69) is 10.1 Å². The lowest BCUT2D eigenvalue weighted by Gasteiger charge is -2.30. The van der Waals surface area contributed by atoms with Gasteiger partial charge in [0, 0.05) is 12.2 Å². The maximum Gasteiger partial charge on any atom is 0.573 e. The number of hydrogen-bond acceptors (Lipinski definition) is 4. The number of hydrogen-bond donors (Lipinski definition) is 1. The minimum Gasteiger partial charge on any atom is -0.406 e. The molecule has 1 saturated heterocycles. The molecule has 1 unspecified atom stereocenters. The van der Waals surface area contributed by atoms with Gasteiger partial charge in [-0.1, -0.05) is 30.3 Å². The number of ether oxygens (including phenoxy) is 1. The molecule has 0 radical (unpaired) electrons. The van der Waals surface area contributed by atoms with Crippen molar-refractivity contribution in [1.29, 1.82) is 0 Å². The maximum atomic E-state index is 13.1. The van der Waals surface area contributed by atoms with Crippen molar-refractivity contribution < 1.29 is 32.3 Å².